The van der Waals surface area contributed by atoms with Crippen LogP contribution in [0.1, 0.15) is 66.7 Å². The molecule has 2 nitrogen and oxygen atoms in total. The smallest absolute Gasteiger partial charge is 0.0362 e. The minimum Gasteiger partial charge on any atom is -0.329 e. The summed E-state index contributed by atoms with van der Waals surface area (Å²) in [7, 11) is 0. The van der Waals surface area contributed by atoms with E-state index in [9.17, 15) is 0 Å². The monoisotopic (exact) mass is 266 g/mol. The van der Waals surface area contributed by atoms with Crippen LogP contribution in [0.5, 0.6) is 0 Å². The van der Waals surface area contributed by atoms with Crippen molar-refractivity contribution in [3.05, 3.63) is 0 Å². The summed E-state index contributed by atoms with van der Waals surface area (Å²) >= 11 is 0. The van der Waals surface area contributed by atoms with E-state index in [-0.39, 0.29) is 5.54 Å². The van der Waals surface area contributed by atoms with Gasteiger partial charge in [0.1, 0.15) is 0 Å². The first-order valence-corrected chi connectivity index (χ1v) is 8.16. The molecule has 1 heterocycles. The zero-order valence-electron chi connectivity index (χ0n) is 13.8. The lowest BCUT2D eigenvalue weighted by Crippen LogP contribution is -2.56. The topological polar surface area (TPSA) is 29.3 Å². The van der Waals surface area contributed by atoms with Crippen LogP contribution in [-0.2, 0) is 0 Å². The van der Waals surface area contributed by atoms with E-state index in [1.807, 2.05) is 0 Å². The third kappa shape index (κ3) is 3.00. The summed E-state index contributed by atoms with van der Waals surface area (Å²) in [6, 6.07) is 0. The Morgan fingerprint density at radius 2 is 1.74 bits per heavy atom. The van der Waals surface area contributed by atoms with Crippen molar-refractivity contribution in [2.24, 2.45) is 22.5 Å². The van der Waals surface area contributed by atoms with Gasteiger partial charge in [-0.25, -0.2) is 0 Å². The Labute approximate surface area is 120 Å². The van der Waals surface area contributed by atoms with E-state index in [1.54, 1.807) is 0 Å². The SMILES string of the molecule is CC1CC(C)(C)CC1(CN)N1CCCC(C)(C)CC1. The first-order valence-electron chi connectivity index (χ1n) is 8.16. The van der Waals surface area contributed by atoms with Gasteiger partial charge in [-0.1, -0.05) is 34.6 Å². The second-order valence-corrected chi connectivity index (χ2v) is 8.76. The highest BCUT2D eigenvalue weighted by Crippen LogP contribution is 2.50. The molecular formula is C17H34N2. The first-order chi connectivity index (χ1) is 8.71. The van der Waals surface area contributed by atoms with Crippen molar-refractivity contribution in [3.63, 3.8) is 0 Å². The fraction of sp³-hybridized carbons (Fsp3) is 1.00. The van der Waals surface area contributed by atoms with Gasteiger partial charge in [0.25, 0.3) is 0 Å². The summed E-state index contributed by atoms with van der Waals surface area (Å²) in [5, 5.41) is 0. The van der Waals surface area contributed by atoms with E-state index in [2.05, 4.69) is 39.5 Å². The molecule has 0 spiro atoms. The standard InChI is InChI=1S/C17H34N2/c1-14-11-16(4,5)12-17(14,13-18)19-9-6-7-15(2,3)8-10-19/h14H,6-13,18H2,1-5H3. The predicted molar refractivity (Wildman–Crippen MR) is 83.2 cm³/mol. The van der Waals surface area contributed by atoms with E-state index in [0.717, 1.165) is 12.5 Å². The quantitative estimate of drug-likeness (QED) is 0.826. The van der Waals surface area contributed by atoms with Gasteiger partial charge >= 0.3 is 0 Å². The van der Waals surface area contributed by atoms with Crippen molar-refractivity contribution in [1.29, 1.82) is 0 Å². The molecule has 112 valence electrons. The Hall–Kier alpha value is -0.0800. The Balaban J connectivity index is 2.18. The number of hydrogen-bond donors (Lipinski definition) is 1. The van der Waals surface area contributed by atoms with Crippen molar-refractivity contribution in [2.45, 2.75) is 72.3 Å². The van der Waals surface area contributed by atoms with Crippen molar-refractivity contribution in [3.8, 4) is 0 Å². The Morgan fingerprint density at radius 3 is 2.26 bits per heavy atom. The van der Waals surface area contributed by atoms with Gasteiger partial charge in [-0.3, -0.25) is 4.90 Å². The minimum absolute atomic E-state index is 0.268. The van der Waals surface area contributed by atoms with E-state index < -0.39 is 0 Å². The van der Waals surface area contributed by atoms with Crippen LogP contribution in [0.25, 0.3) is 0 Å². The molecule has 2 aliphatic rings. The molecule has 0 aromatic rings. The zero-order chi connectivity index (χ0) is 14.3. The molecule has 2 atom stereocenters. The summed E-state index contributed by atoms with van der Waals surface area (Å²) in [4.78, 5) is 2.77. The number of nitrogens with zero attached hydrogens (tertiary/aromatic N) is 1. The Morgan fingerprint density at radius 1 is 1.05 bits per heavy atom. The van der Waals surface area contributed by atoms with Crippen molar-refractivity contribution in [1.82, 2.24) is 4.90 Å². The molecule has 2 heteroatoms. The zero-order valence-corrected chi connectivity index (χ0v) is 13.8. The Kier molecular flexibility index (Phi) is 4.06. The summed E-state index contributed by atoms with van der Waals surface area (Å²) in [5.41, 5.74) is 7.53. The molecule has 19 heavy (non-hydrogen) atoms. The highest BCUT2D eigenvalue weighted by Gasteiger charge is 2.51. The Bertz CT molecular complexity index is 321. The average Bonchev–Trinajstić information content (AvgIpc) is 2.43. The molecule has 0 aromatic carbocycles. The fourth-order valence-corrected chi connectivity index (χ4v) is 4.79. The van der Waals surface area contributed by atoms with E-state index in [0.29, 0.717) is 10.8 Å². The van der Waals surface area contributed by atoms with Gasteiger partial charge in [-0.15, -0.1) is 0 Å². The summed E-state index contributed by atoms with van der Waals surface area (Å²) in [6.45, 7) is 15.4. The van der Waals surface area contributed by atoms with Gasteiger partial charge in [0, 0.05) is 12.1 Å². The number of rotatable bonds is 2. The van der Waals surface area contributed by atoms with Gasteiger partial charge in [0.2, 0.25) is 0 Å². The highest BCUT2D eigenvalue weighted by molar-refractivity contribution is 5.06. The molecular weight excluding hydrogens is 232 g/mol. The summed E-state index contributed by atoms with van der Waals surface area (Å²) in [6.07, 6.45) is 6.62. The molecule has 1 saturated heterocycles. The van der Waals surface area contributed by atoms with Crippen LogP contribution in [0.2, 0.25) is 0 Å². The molecule has 2 fully saturated rings. The molecule has 1 saturated carbocycles. The van der Waals surface area contributed by atoms with Crippen LogP contribution < -0.4 is 5.73 Å². The molecule has 0 radical (unpaired) electrons. The molecule has 0 bridgehead atoms. The van der Waals surface area contributed by atoms with Crippen LogP contribution in [0.15, 0.2) is 0 Å². The number of nitrogens with two attached hydrogens (primary N) is 1. The summed E-state index contributed by atoms with van der Waals surface area (Å²) in [5.74, 6) is 0.730. The van der Waals surface area contributed by atoms with Crippen molar-refractivity contribution < 1.29 is 0 Å². The van der Waals surface area contributed by atoms with E-state index in [1.165, 1.54) is 45.2 Å². The molecule has 0 aromatic heterocycles. The van der Waals surface area contributed by atoms with E-state index >= 15 is 0 Å². The summed E-state index contributed by atoms with van der Waals surface area (Å²) < 4.78 is 0. The maximum absolute atomic E-state index is 6.29. The fourth-order valence-electron chi connectivity index (χ4n) is 4.79. The third-order valence-corrected chi connectivity index (χ3v) is 5.88. The first kappa shape index (κ1) is 15.3. The lowest BCUT2D eigenvalue weighted by Gasteiger charge is -2.44. The molecule has 0 amide bonds. The van der Waals surface area contributed by atoms with Gasteiger partial charge in [0.15, 0.2) is 0 Å². The van der Waals surface area contributed by atoms with Gasteiger partial charge in [-0.05, 0) is 61.9 Å². The maximum atomic E-state index is 6.29. The van der Waals surface area contributed by atoms with Crippen molar-refractivity contribution in [2.75, 3.05) is 19.6 Å². The second-order valence-electron chi connectivity index (χ2n) is 8.76. The third-order valence-electron chi connectivity index (χ3n) is 5.88. The normalized spacial score (nSPS) is 39.2. The van der Waals surface area contributed by atoms with Crippen molar-refractivity contribution >= 4 is 0 Å². The van der Waals surface area contributed by atoms with Crippen LogP contribution in [-0.4, -0.2) is 30.1 Å². The average molecular weight is 266 g/mol. The minimum atomic E-state index is 0.268. The lowest BCUT2D eigenvalue weighted by molar-refractivity contribution is 0.0595. The second kappa shape index (κ2) is 5.04. The highest BCUT2D eigenvalue weighted by atomic mass is 15.2. The predicted octanol–water partition coefficient (Wildman–Crippen LogP) is 3.65. The molecule has 1 aliphatic heterocycles. The van der Waals surface area contributed by atoms with E-state index in [4.69, 9.17) is 5.73 Å². The van der Waals surface area contributed by atoms with Crippen LogP contribution >= 0.6 is 0 Å². The molecule has 2 unspecified atom stereocenters. The molecule has 2 N–H and O–H groups in total. The lowest BCUT2D eigenvalue weighted by atomic mass is 9.83. The molecule has 1 aliphatic carbocycles. The number of hydrogen-bond acceptors (Lipinski definition) is 2. The molecule has 2 rings (SSSR count). The van der Waals surface area contributed by atoms with Gasteiger partial charge < -0.3 is 5.73 Å². The number of likely N-dealkylation sites (tertiary alicyclic amines) is 1. The maximum Gasteiger partial charge on any atom is 0.0362 e. The largest absolute Gasteiger partial charge is 0.329 e. The van der Waals surface area contributed by atoms with Crippen LogP contribution in [0.3, 0.4) is 0 Å². The van der Waals surface area contributed by atoms with Gasteiger partial charge in [-0.2, -0.15) is 0 Å². The van der Waals surface area contributed by atoms with Crippen LogP contribution in [0.4, 0.5) is 0 Å². The van der Waals surface area contributed by atoms with Gasteiger partial charge in [0.05, 0.1) is 0 Å². The van der Waals surface area contributed by atoms with Crippen LogP contribution in [0, 0.1) is 16.7 Å².